The van der Waals surface area contributed by atoms with Crippen LogP contribution in [-0.4, -0.2) is 4.98 Å². The van der Waals surface area contributed by atoms with Gasteiger partial charge in [0.15, 0.2) is 0 Å². The van der Waals surface area contributed by atoms with Crippen molar-refractivity contribution in [2.45, 2.75) is 12.5 Å². The molecule has 1 atom stereocenters. The number of nitrogens with two attached hydrogens (primary N) is 1. The molecule has 1 unspecified atom stereocenters. The fraction of sp³-hybridized carbons (Fsp3) is 0.250. The van der Waals surface area contributed by atoms with Crippen molar-refractivity contribution in [2.75, 3.05) is 0 Å². The van der Waals surface area contributed by atoms with Crippen molar-refractivity contribution in [3.63, 3.8) is 0 Å². The highest BCUT2D eigenvalue weighted by Crippen LogP contribution is 2.12. The van der Waals surface area contributed by atoms with E-state index in [4.69, 9.17) is 11.0 Å². The second kappa shape index (κ2) is 3.79. The molecule has 2 N–H and O–H groups in total. The average Bonchev–Trinajstić information content (AvgIpc) is 2.05. The molecular formula is C8H8FN3. The number of hydrogen-bond donors (Lipinski definition) is 1. The molecule has 12 heavy (non-hydrogen) atoms. The van der Waals surface area contributed by atoms with Crippen LogP contribution in [0.2, 0.25) is 0 Å². The Morgan fingerprint density at radius 2 is 2.50 bits per heavy atom. The summed E-state index contributed by atoms with van der Waals surface area (Å²) in [5.41, 5.74) is 6.16. The van der Waals surface area contributed by atoms with Crippen molar-refractivity contribution in [1.82, 2.24) is 4.98 Å². The lowest BCUT2D eigenvalue weighted by atomic mass is 10.1. The molecule has 3 nitrogen and oxygen atoms in total. The van der Waals surface area contributed by atoms with Crippen LogP contribution in [0, 0.1) is 17.3 Å². The van der Waals surface area contributed by atoms with Crippen molar-refractivity contribution in [3.05, 3.63) is 29.8 Å². The molecule has 0 spiro atoms. The third kappa shape index (κ3) is 2.01. The molecule has 0 radical (unpaired) electrons. The molecule has 0 aliphatic carbocycles. The molecule has 4 heteroatoms. The van der Waals surface area contributed by atoms with Gasteiger partial charge < -0.3 is 5.73 Å². The summed E-state index contributed by atoms with van der Waals surface area (Å²) in [5, 5.41) is 8.33. The molecule has 0 aliphatic rings. The Kier molecular flexibility index (Phi) is 2.72. The van der Waals surface area contributed by atoms with Gasteiger partial charge in [-0.1, -0.05) is 0 Å². The van der Waals surface area contributed by atoms with Gasteiger partial charge in [0.1, 0.15) is 0 Å². The first kappa shape index (κ1) is 8.62. The van der Waals surface area contributed by atoms with Gasteiger partial charge in [-0.05, 0) is 17.7 Å². The highest BCUT2D eigenvalue weighted by molar-refractivity contribution is 5.16. The molecule has 1 aromatic rings. The van der Waals surface area contributed by atoms with Crippen LogP contribution in [0.4, 0.5) is 4.39 Å². The lowest BCUT2D eigenvalue weighted by Crippen LogP contribution is -2.09. The summed E-state index contributed by atoms with van der Waals surface area (Å²) < 4.78 is 12.5. The van der Waals surface area contributed by atoms with E-state index < -0.39 is 12.0 Å². The van der Waals surface area contributed by atoms with Gasteiger partial charge in [0.05, 0.1) is 12.5 Å². The van der Waals surface area contributed by atoms with Crippen molar-refractivity contribution < 1.29 is 4.39 Å². The van der Waals surface area contributed by atoms with E-state index in [-0.39, 0.29) is 6.42 Å². The van der Waals surface area contributed by atoms with Crippen LogP contribution in [0.1, 0.15) is 18.0 Å². The average molecular weight is 165 g/mol. The van der Waals surface area contributed by atoms with Crippen LogP contribution in [-0.2, 0) is 0 Å². The summed E-state index contributed by atoms with van der Waals surface area (Å²) >= 11 is 0. The van der Waals surface area contributed by atoms with Gasteiger partial charge in [0.25, 0.3) is 0 Å². The van der Waals surface area contributed by atoms with Gasteiger partial charge in [-0.3, -0.25) is 0 Å². The van der Waals surface area contributed by atoms with Crippen LogP contribution in [0.3, 0.4) is 0 Å². The maximum absolute atomic E-state index is 12.5. The van der Waals surface area contributed by atoms with E-state index in [0.29, 0.717) is 5.56 Å². The topological polar surface area (TPSA) is 62.7 Å². The number of aromatic nitrogens is 1. The van der Waals surface area contributed by atoms with Crippen molar-refractivity contribution in [3.8, 4) is 6.07 Å². The third-order valence-electron chi connectivity index (χ3n) is 1.49. The molecule has 62 valence electrons. The maximum atomic E-state index is 12.5. The predicted molar refractivity (Wildman–Crippen MR) is 41.4 cm³/mol. The van der Waals surface area contributed by atoms with Gasteiger partial charge in [0, 0.05) is 12.2 Å². The summed E-state index contributed by atoms with van der Waals surface area (Å²) in [7, 11) is 0. The first-order valence-corrected chi connectivity index (χ1v) is 3.48. The zero-order valence-corrected chi connectivity index (χ0v) is 6.37. The van der Waals surface area contributed by atoms with Gasteiger partial charge in [-0.25, -0.2) is 4.98 Å². The molecule has 0 aliphatic heterocycles. The predicted octanol–water partition coefficient (Wildman–Crippen LogP) is 1.13. The zero-order valence-electron chi connectivity index (χ0n) is 6.37. The summed E-state index contributed by atoms with van der Waals surface area (Å²) in [4.78, 5) is 3.38. The molecule has 1 heterocycles. The quantitative estimate of drug-likeness (QED) is 0.668. The lowest BCUT2D eigenvalue weighted by Gasteiger charge is -2.05. The highest BCUT2D eigenvalue weighted by atomic mass is 19.1. The van der Waals surface area contributed by atoms with Crippen LogP contribution >= 0.6 is 0 Å². The van der Waals surface area contributed by atoms with E-state index in [2.05, 4.69) is 4.98 Å². The monoisotopic (exact) mass is 165 g/mol. The van der Waals surface area contributed by atoms with Gasteiger partial charge in [-0.2, -0.15) is 9.65 Å². The van der Waals surface area contributed by atoms with Crippen LogP contribution < -0.4 is 5.73 Å². The smallest absolute Gasteiger partial charge is 0.213 e. The summed E-state index contributed by atoms with van der Waals surface area (Å²) in [6.45, 7) is 0. The van der Waals surface area contributed by atoms with E-state index in [1.165, 1.54) is 12.3 Å². The Morgan fingerprint density at radius 3 is 3.08 bits per heavy atom. The number of halogens is 1. The molecule has 1 aromatic heterocycles. The van der Waals surface area contributed by atoms with E-state index >= 15 is 0 Å². The minimum absolute atomic E-state index is 0.184. The number of nitrogens with zero attached hydrogens (tertiary/aromatic N) is 2. The minimum Gasteiger partial charge on any atom is -0.323 e. The zero-order chi connectivity index (χ0) is 8.97. The van der Waals surface area contributed by atoms with E-state index in [0.717, 1.165) is 0 Å². The Bertz CT molecular complexity index is 305. The standard InChI is InChI=1S/C8H8FN3/c9-8-5-6(2-4-12-8)7(11)1-3-10/h2,4-5,7H,1,11H2. The number of nitriles is 1. The Morgan fingerprint density at radius 1 is 1.75 bits per heavy atom. The summed E-state index contributed by atoms with van der Waals surface area (Å²) in [6, 6.07) is 4.33. The molecular weight excluding hydrogens is 157 g/mol. The van der Waals surface area contributed by atoms with Crippen molar-refractivity contribution in [1.29, 1.82) is 5.26 Å². The Labute approximate surface area is 69.6 Å². The fourth-order valence-corrected chi connectivity index (χ4v) is 0.864. The SMILES string of the molecule is N#CCC(N)c1ccnc(F)c1. The van der Waals surface area contributed by atoms with Crippen molar-refractivity contribution in [2.24, 2.45) is 5.73 Å². The molecule has 0 aromatic carbocycles. The van der Waals surface area contributed by atoms with Crippen LogP contribution in [0.15, 0.2) is 18.3 Å². The molecule has 0 fully saturated rings. The van der Waals surface area contributed by atoms with E-state index in [1.807, 2.05) is 6.07 Å². The largest absolute Gasteiger partial charge is 0.323 e. The third-order valence-corrected chi connectivity index (χ3v) is 1.49. The highest BCUT2D eigenvalue weighted by Gasteiger charge is 2.05. The summed E-state index contributed by atoms with van der Waals surface area (Å²) in [5.74, 6) is -0.569. The van der Waals surface area contributed by atoms with Crippen molar-refractivity contribution >= 4 is 0 Å². The molecule has 0 bridgehead atoms. The fourth-order valence-electron chi connectivity index (χ4n) is 0.864. The first-order chi connectivity index (χ1) is 5.74. The number of pyridine rings is 1. The van der Waals surface area contributed by atoms with Gasteiger partial charge in [-0.15, -0.1) is 0 Å². The van der Waals surface area contributed by atoms with Crippen LogP contribution in [0.5, 0.6) is 0 Å². The molecule has 0 amide bonds. The van der Waals surface area contributed by atoms with Gasteiger partial charge in [0.2, 0.25) is 5.95 Å². The first-order valence-electron chi connectivity index (χ1n) is 3.48. The van der Waals surface area contributed by atoms with E-state index in [9.17, 15) is 4.39 Å². The molecule has 0 saturated carbocycles. The Balaban J connectivity index is 2.82. The maximum Gasteiger partial charge on any atom is 0.213 e. The number of rotatable bonds is 2. The second-order valence-corrected chi connectivity index (χ2v) is 2.38. The normalized spacial score (nSPS) is 12.1. The molecule has 0 saturated heterocycles. The van der Waals surface area contributed by atoms with Crippen LogP contribution in [0.25, 0.3) is 0 Å². The second-order valence-electron chi connectivity index (χ2n) is 2.38. The Hall–Kier alpha value is -1.47. The summed E-state index contributed by atoms with van der Waals surface area (Å²) in [6.07, 6.45) is 1.52. The van der Waals surface area contributed by atoms with Gasteiger partial charge >= 0.3 is 0 Å². The number of hydrogen-bond acceptors (Lipinski definition) is 3. The molecule has 1 rings (SSSR count). The minimum atomic E-state index is -0.569. The lowest BCUT2D eigenvalue weighted by molar-refractivity contribution is 0.577. The van der Waals surface area contributed by atoms with E-state index in [1.54, 1.807) is 6.07 Å².